The van der Waals surface area contributed by atoms with Crippen molar-refractivity contribution in [2.45, 2.75) is 13.0 Å². The zero-order valence-electron chi connectivity index (χ0n) is 17.3. The van der Waals surface area contributed by atoms with Gasteiger partial charge in [0.2, 0.25) is 5.91 Å². The lowest BCUT2D eigenvalue weighted by Gasteiger charge is -2.37. The first-order valence-electron chi connectivity index (χ1n) is 10.2. The molecule has 0 spiro atoms. The van der Waals surface area contributed by atoms with Crippen LogP contribution in [0.25, 0.3) is 10.9 Å². The molecule has 31 heavy (non-hydrogen) atoms. The molecule has 7 nitrogen and oxygen atoms in total. The summed E-state index contributed by atoms with van der Waals surface area (Å²) in [6, 6.07) is 12.7. The van der Waals surface area contributed by atoms with Gasteiger partial charge in [0, 0.05) is 54.0 Å². The van der Waals surface area contributed by atoms with E-state index >= 15 is 0 Å². The number of nitrogens with zero attached hydrogens (tertiary/aromatic N) is 2. The van der Waals surface area contributed by atoms with Crippen LogP contribution in [0.5, 0.6) is 0 Å². The fraction of sp³-hybridized carbons (Fsp3) is 0.304. The maximum atomic E-state index is 13.3. The van der Waals surface area contributed by atoms with Gasteiger partial charge in [-0.1, -0.05) is 24.3 Å². The highest BCUT2D eigenvalue weighted by molar-refractivity contribution is 5.92. The van der Waals surface area contributed by atoms with Crippen LogP contribution in [0.15, 0.2) is 48.5 Å². The van der Waals surface area contributed by atoms with E-state index in [1.807, 2.05) is 41.0 Å². The van der Waals surface area contributed by atoms with Gasteiger partial charge in [0.05, 0.1) is 6.54 Å². The quantitative estimate of drug-likeness (QED) is 0.566. The predicted molar refractivity (Wildman–Crippen MR) is 116 cm³/mol. The second-order valence-electron chi connectivity index (χ2n) is 7.82. The maximum Gasteiger partial charge on any atom is 0.325 e. The van der Waals surface area contributed by atoms with E-state index in [1.54, 1.807) is 12.1 Å². The predicted octanol–water partition coefficient (Wildman–Crippen LogP) is 3.00. The highest BCUT2D eigenvalue weighted by Gasteiger charge is 2.33. The molecule has 1 amide bonds. The number of carboxylic acids is 1. The molecular weight excluding hydrogens is 399 g/mol. The number of hydrogen-bond donors (Lipinski definition) is 3. The van der Waals surface area contributed by atoms with Gasteiger partial charge in [0.1, 0.15) is 11.9 Å². The summed E-state index contributed by atoms with van der Waals surface area (Å²) in [4.78, 5) is 31.7. The molecule has 1 aliphatic rings. The third-order valence-electron chi connectivity index (χ3n) is 5.70. The Kier molecular flexibility index (Phi) is 6.01. The van der Waals surface area contributed by atoms with Crippen molar-refractivity contribution in [1.82, 2.24) is 14.8 Å². The summed E-state index contributed by atoms with van der Waals surface area (Å²) in [6.45, 7) is 4.28. The number of carbonyl (C=O) groups is 2. The van der Waals surface area contributed by atoms with Crippen molar-refractivity contribution in [1.29, 1.82) is 0 Å². The third kappa shape index (κ3) is 4.60. The van der Waals surface area contributed by atoms with Crippen molar-refractivity contribution in [3.63, 3.8) is 0 Å². The summed E-state index contributed by atoms with van der Waals surface area (Å²) < 4.78 is 13.3. The van der Waals surface area contributed by atoms with Gasteiger partial charge < -0.3 is 15.4 Å². The lowest BCUT2D eigenvalue weighted by Crippen LogP contribution is -2.50. The Bertz CT molecular complexity index is 1110. The Balaban J connectivity index is 1.41. The van der Waals surface area contributed by atoms with Crippen LogP contribution in [-0.4, -0.2) is 64.5 Å². The first-order valence-corrected chi connectivity index (χ1v) is 10.2. The molecule has 0 aliphatic carbocycles. The van der Waals surface area contributed by atoms with Gasteiger partial charge >= 0.3 is 5.97 Å². The van der Waals surface area contributed by atoms with Gasteiger partial charge in [0.15, 0.2) is 0 Å². The van der Waals surface area contributed by atoms with Crippen LogP contribution in [0.4, 0.5) is 10.1 Å². The lowest BCUT2D eigenvalue weighted by atomic mass is 10.0. The fourth-order valence-corrected chi connectivity index (χ4v) is 4.26. The zero-order chi connectivity index (χ0) is 22.0. The molecular formula is C23H25FN4O3. The normalized spacial score (nSPS) is 16.3. The number of aryl methyl sites for hydroxylation is 1. The average molecular weight is 424 g/mol. The third-order valence-corrected chi connectivity index (χ3v) is 5.70. The minimum absolute atomic E-state index is 0.175. The van der Waals surface area contributed by atoms with E-state index in [2.05, 4.69) is 10.3 Å². The number of aromatic nitrogens is 1. The molecule has 162 valence electrons. The first kappa shape index (κ1) is 21.0. The molecule has 1 atom stereocenters. The lowest BCUT2D eigenvalue weighted by molar-refractivity contribution is -0.144. The van der Waals surface area contributed by atoms with Gasteiger partial charge in [-0.25, -0.2) is 4.39 Å². The van der Waals surface area contributed by atoms with Crippen molar-refractivity contribution in [2.24, 2.45) is 0 Å². The van der Waals surface area contributed by atoms with E-state index in [0.29, 0.717) is 31.9 Å². The van der Waals surface area contributed by atoms with Crippen molar-refractivity contribution in [3.8, 4) is 0 Å². The van der Waals surface area contributed by atoms with Crippen LogP contribution < -0.4 is 5.32 Å². The minimum atomic E-state index is -0.884. The Labute approximate surface area is 179 Å². The first-order chi connectivity index (χ1) is 14.9. The summed E-state index contributed by atoms with van der Waals surface area (Å²) in [7, 11) is 0. The summed E-state index contributed by atoms with van der Waals surface area (Å²) in [5.74, 6) is -1.51. The van der Waals surface area contributed by atoms with Gasteiger partial charge in [-0.3, -0.25) is 19.4 Å². The Morgan fingerprint density at radius 1 is 1.13 bits per heavy atom. The average Bonchev–Trinajstić information content (AvgIpc) is 3.05. The zero-order valence-corrected chi connectivity index (χ0v) is 17.3. The van der Waals surface area contributed by atoms with Gasteiger partial charge in [0.25, 0.3) is 0 Å². The topological polar surface area (TPSA) is 88.7 Å². The van der Waals surface area contributed by atoms with Crippen LogP contribution in [0, 0.1) is 12.7 Å². The minimum Gasteiger partial charge on any atom is -0.480 e. The smallest absolute Gasteiger partial charge is 0.325 e. The Morgan fingerprint density at radius 2 is 1.87 bits per heavy atom. The van der Waals surface area contributed by atoms with Crippen LogP contribution >= 0.6 is 0 Å². The molecule has 0 bridgehead atoms. The van der Waals surface area contributed by atoms with Gasteiger partial charge in [-0.05, 0) is 31.2 Å². The van der Waals surface area contributed by atoms with E-state index < -0.39 is 17.8 Å². The van der Waals surface area contributed by atoms with Crippen LogP contribution in [0.1, 0.15) is 17.3 Å². The van der Waals surface area contributed by atoms with Gasteiger partial charge in [-0.15, -0.1) is 0 Å². The molecule has 3 N–H and O–H groups in total. The number of aromatic amines is 1. The molecule has 1 saturated heterocycles. The van der Waals surface area contributed by atoms with Crippen molar-refractivity contribution in [2.75, 3.05) is 38.0 Å². The molecule has 0 saturated carbocycles. The number of hydrogen-bond acceptors (Lipinski definition) is 4. The van der Waals surface area contributed by atoms with E-state index in [0.717, 1.165) is 22.2 Å². The summed E-state index contributed by atoms with van der Waals surface area (Å²) >= 11 is 0. The Morgan fingerprint density at radius 3 is 2.58 bits per heavy atom. The van der Waals surface area contributed by atoms with E-state index in [9.17, 15) is 19.1 Å². The number of rotatable bonds is 6. The van der Waals surface area contributed by atoms with Gasteiger partial charge in [-0.2, -0.15) is 0 Å². The summed E-state index contributed by atoms with van der Waals surface area (Å²) in [5.41, 5.74) is 2.99. The number of nitrogens with one attached hydrogen (secondary N) is 2. The number of H-pyrrole nitrogens is 1. The molecule has 0 radical (unpaired) electrons. The number of aliphatic carboxylic acids is 1. The van der Waals surface area contributed by atoms with E-state index in [1.165, 1.54) is 12.1 Å². The molecule has 1 aliphatic heterocycles. The van der Waals surface area contributed by atoms with E-state index in [-0.39, 0.29) is 12.5 Å². The summed E-state index contributed by atoms with van der Waals surface area (Å²) in [6.07, 6.45) is 0. The largest absolute Gasteiger partial charge is 0.480 e. The second-order valence-corrected chi connectivity index (χ2v) is 7.82. The molecule has 1 fully saturated rings. The standard InChI is InChI=1S/C23H25FN4O3/c1-15-21(18-7-2-3-8-19(18)25-15)22(23(30)31)28-11-9-27(10-12-28)14-20(29)26-17-6-4-5-16(24)13-17/h2-8,13,22,25H,9-12,14H2,1H3,(H,26,29)(H,30,31)/t22-/m1/s1. The molecule has 1 aromatic heterocycles. The highest BCUT2D eigenvalue weighted by atomic mass is 19.1. The molecule has 3 aromatic rings. The number of carboxylic acid groups (broad SMARTS) is 1. The second kappa shape index (κ2) is 8.87. The number of para-hydroxylation sites is 1. The molecule has 4 rings (SSSR count). The number of fused-ring (bicyclic) bond motifs is 1. The van der Waals surface area contributed by atoms with Crippen LogP contribution in [0.2, 0.25) is 0 Å². The van der Waals surface area contributed by atoms with Crippen molar-refractivity contribution < 1.29 is 19.1 Å². The summed E-state index contributed by atoms with van der Waals surface area (Å²) in [5, 5.41) is 13.6. The number of amides is 1. The monoisotopic (exact) mass is 424 g/mol. The van der Waals surface area contributed by atoms with Crippen LogP contribution in [-0.2, 0) is 9.59 Å². The molecule has 2 heterocycles. The number of halogens is 1. The molecule has 2 aromatic carbocycles. The SMILES string of the molecule is Cc1[nH]c2ccccc2c1[C@H](C(=O)O)N1CCN(CC(=O)Nc2cccc(F)c2)CC1. The van der Waals surface area contributed by atoms with E-state index in [4.69, 9.17) is 0 Å². The number of piperazine rings is 1. The van der Waals surface area contributed by atoms with Crippen LogP contribution in [0.3, 0.4) is 0 Å². The molecule has 8 heteroatoms. The Hall–Kier alpha value is -3.23. The number of anilines is 1. The van der Waals surface area contributed by atoms with Crippen molar-refractivity contribution >= 4 is 28.5 Å². The highest BCUT2D eigenvalue weighted by Crippen LogP contribution is 2.32. The fourth-order valence-electron chi connectivity index (χ4n) is 4.26. The maximum absolute atomic E-state index is 13.3. The number of benzene rings is 2. The molecule has 0 unspecified atom stereocenters. The number of carbonyl (C=O) groups excluding carboxylic acids is 1. The van der Waals surface area contributed by atoms with Crippen molar-refractivity contribution in [3.05, 3.63) is 65.6 Å².